The third-order valence-corrected chi connectivity index (χ3v) is 2.35. The van der Waals surface area contributed by atoms with E-state index < -0.39 is 58.5 Å². The zero-order chi connectivity index (χ0) is 15.4. The number of benzene rings is 1. The van der Waals surface area contributed by atoms with Crippen LogP contribution in [0.1, 0.15) is 11.1 Å². The lowest BCUT2D eigenvalue weighted by Crippen LogP contribution is -2.12. The predicted molar refractivity (Wildman–Crippen MR) is 58.4 cm³/mol. The number of rotatable bonds is 4. The van der Waals surface area contributed by atoms with Crippen LogP contribution in [0.4, 0.5) is 27.2 Å². The third kappa shape index (κ3) is 3.73. The van der Waals surface area contributed by atoms with E-state index in [1.807, 2.05) is 0 Å². The number of ether oxygens (including phenoxy) is 2. The quantitative estimate of drug-likeness (QED) is 0.361. The molecule has 0 aliphatic carbocycles. The molecular weight excluding hydrogens is 331 g/mol. The first kappa shape index (κ1) is 16.5. The minimum atomic E-state index is -2.11. The zero-order valence-electron chi connectivity index (χ0n) is 9.31. The van der Waals surface area contributed by atoms with Crippen LogP contribution in [0.3, 0.4) is 0 Å². The van der Waals surface area contributed by atoms with Crippen LogP contribution in [0.25, 0.3) is 0 Å². The van der Waals surface area contributed by atoms with Gasteiger partial charge in [0.25, 0.3) is 0 Å². The Labute approximate surface area is 119 Å². The highest BCUT2D eigenvalue weighted by Gasteiger charge is 2.26. The zero-order valence-corrected chi connectivity index (χ0v) is 10.8. The van der Waals surface area contributed by atoms with Crippen molar-refractivity contribution in [3.63, 3.8) is 0 Å². The lowest BCUT2D eigenvalue weighted by Gasteiger charge is -2.12. The normalized spacial score (nSPS) is 10.3. The van der Waals surface area contributed by atoms with Gasteiger partial charge in [-0.05, 0) is 0 Å². The van der Waals surface area contributed by atoms with Crippen molar-refractivity contribution in [2.45, 2.75) is 13.2 Å². The average Bonchev–Trinajstić information content (AvgIpc) is 2.37. The van der Waals surface area contributed by atoms with Crippen LogP contribution < -0.4 is 0 Å². The van der Waals surface area contributed by atoms with E-state index in [1.165, 1.54) is 0 Å². The van der Waals surface area contributed by atoms with Crippen molar-refractivity contribution in [1.82, 2.24) is 0 Å². The fraction of sp³-hybridized carbons (Fsp3) is 0.200. The Kier molecular flexibility index (Phi) is 5.58. The summed E-state index contributed by atoms with van der Waals surface area (Å²) in [4.78, 5) is 20.8. The van der Waals surface area contributed by atoms with Crippen LogP contribution in [0.15, 0.2) is 0 Å². The molecule has 10 heteroatoms. The Morgan fingerprint density at radius 3 is 1.30 bits per heavy atom. The van der Waals surface area contributed by atoms with E-state index >= 15 is 0 Å². The Hall–Kier alpha value is -1.54. The fourth-order valence-electron chi connectivity index (χ4n) is 1.28. The molecule has 0 aliphatic rings. The summed E-state index contributed by atoms with van der Waals surface area (Å²) in [6.07, 6.45) is 0. The van der Waals surface area contributed by atoms with E-state index in [0.717, 1.165) is 0 Å². The highest BCUT2D eigenvalue weighted by molar-refractivity contribution is 6.61. The Morgan fingerprint density at radius 1 is 0.750 bits per heavy atom. The molecule has 0 saturated carbocycles. The molecule has 0 saturated heterocycles. The molecule has 0 aliphatic heterocycles. The van der Waals surface area contributed by atoms with Gasteiger partial charge in [-0.15, -0.1) is 0 Å². The first-order valence-corrected chi connectivity index (χ1v) is 5.49. The van der Waals surface area contributed by atoms with E-state index in [4.69, 9.17) is 23.2 Å². The molecule has 0 radical (unpaired) electrons. The van der Waals surface area contributed by atoms with Gasteiger partial charge < -0.3 is 9.47 Å². The molecule has 0 spiro atoms. The first-order chi connectivity index (χ1) is 9.25. The summed E-state index contributed by atoms with van der Waals surface area (Å²) in [6, 6.07) is 0. The highest BCUT2D eigenvalue weighted by Crippen LogP contribution is 2.26. The van der Waals surface area contributed by atoms with Crippen molar-refractivity contribution in [3.8, 4) is 0 Å². The van der Waals surface area contributed by atoms with Gasteiger partial charge in [-0.1, -0.05) is 0 Å². The smallest absolute Gasteiger partial charge is 0.404 e. The van der Waals surface area contributed by atoms with Crippen LogP contribution in [-0.4, -0.2) is 10.9 Å². The molecule has 1 rings (SSSR count). The number of halogens is 6. The Balaban J connectivity index is 3.28. The molecule has 4 nitrogen and oxygen atoms in total. The van der Waals surface area contributed by atoms with Gasteiger partial charge in [-0.3, -0.25) is 0 Å². The minimum absolute atomic E-state index is 0.867. The highest BCUT2D eigenvalue weighted by atomic mass is 35.5. The molecule has 1 aromatic carbocycles. The first-order valence-electron chi connectivity index (χ1n) is 4.73. The standard InChI is InChI=1S/C10H4Cl2F4O4/c11-9(17)19-1-3-4(2-20-10(12)18)6(14)8(16)7(15)5(3)13/h1-2H2. The lowest BCUT2D eigenvalue weighted by molar-refractivity contribution is 0.154. The summed E-state index contributed by atoms with van der Waals surface area (Å²) in [6.45, 7) is -1.98. The maximum Gasteiger partial charge on any atom is 0.404 e. The largest absolute Gasteiger partial charge is 0.449 e. The van der Waals surface area contributed by atoms with Gasteiger partial charge in [0.05, 0.1) is 0 Å². The molecule has 0 aromatic heterocycles. The third-order valence-electron chi connectivity index (χ3n) is 2.13. The van der Waals surface area contributed by atoms with Crippen molar-refractivity contribution in [3.05, 3.63) is 34.4 Å². The Bertz CT molecular complexity index is 516. The van der Waals surface area contributed by atoms with E-state index in [9.17, 15) is 27.2 Å². The van der Waals surface area contributed by atoms with Gasteiger partial charge in [0, 0.05) is 34.3 Å². The molecule has 0 N–H and O–H groups in total. The summed E-state index contributed by atoms with van der Waals surface area (Å²) in [5.74, 6) is -7.82. The SMILES string of the molecule is O=C(Cl)OCc1c(F)c(F)c(F)c(F)c1COC(=O)Cl. The van der Waals surface area contributed by atoms with Gasteiger partial charge in [0.15, 0.2) is 23.3 Å². The second-order valence-electron chi connectivity index (χ2n) is 3.27. The van der Waals surface area contributed by atoms with Crippen molar-refractivity contribution in [1.29, 1.82) is 0 Å². The molecule has 110 valence electrons. The van der Waals surface area contributed by atoms with Gasteiger partial charge in [-0.25, -0.2) is 27.2 Å². The Morgan fingerprint density at radius 2 is 1.05 bits per heavy atom. The molecule has 0 bridgehead atoms. The topological polar surface area (TPSA) is 52.6 Å². The number of hydrogen-bond donors (Lipinski definition) is 0. The molecule has 0 amide bonds. The van der Waals surface area contributed by atoms with Crippen LogP contribution in [0.2, 0.25) is 0 Å². The van der Waals surface area contributed by atoms with Gasteiger partial charge >= 0.3 is 10.9 Å². The molecule has 20 heavy (non-hydrogen) atoms. The molecule has 0 atom stereocenters. The second-order valence-corrected chi connectivity index (χ2v) is 3.88. The number of hydrogen-bond acceptors (Lipinski definition) is 4. The van der Waals surface area contributed by atoms with Crippen LogP contribution in [0, 0.1) is 23.3 Å². The van der Waals surface area contributed by atoms with Gasteiger partial charge in [-0.2, -0.15) is 0 Å². The monoisotopic (exact) mass is 334 g/mol. The lowest BCUT2D eigenvalue weighted by atomic mass is 10.1. The summed E-state index contributed by atoms with van der Waals surface area (Å²) in [7, 11) is 0. The van der Waals surface area contributed by atoms with Crippen molar-refractivity contribution in [2.75, 3.05) is 0 Å². The molecular formula is C10H4Cl2F4O4. The fourth-order valence-corrected chi connectivity index (χ4v) is 1.39. The molecule has 0 heterocycles. The summed E-state index contributed by atoms with van der Waals surface area (Å²) >= 11 is 9.64. The van der Waals surface area contributed by atoms with Crippen molar-refractivity contribution in [2.24, 2.45) is 0 Å². The van der Waals surface area contributed by atoms with Crippen LogP contribution >= 0.6 is 23.2 Å². The molecule has 1 aromatic rings. The molecule has 0 unspecified atom stereocenters. The molecule has 0 fully saturated rings. The minimum Gasteiger partial charge on any atom is -0.449 e. The number of carbonyl (C=O) groups is 2. The van der Waals surface area contributed by atoms with Crippen molar-refractivity contribution >= 4 is 34.1 Å². The number of carbonyl (C=O) groups excluding carboxylic acids is 2. The van der Waals surface area contributed by atoms with E-state index in [0.29, 0.717) is 0 Å². The van der Waals surface area contributed by atoms with E-state index in [-0.39, 0.29) is 0 Å². The van der Waals surface area contributed by atoms with Crippen LogP contribution in [-0.2, 0) is 22.7 Å². The van der Waals surface area contributed by atoms with Gasteiger partial charge in [0.1, 0.15) is 13.2 Å². The van der Waals surface area contributed by atoms with Crippen LogP contribution in [0.5, 0.6) is 0 Å². The van der Waals surface area contributed by atoms with E-state index in [2.05, 4.69) is 9.47 Å². The average molecular weight is 335 g/mol. The predicted octanol–water partition coefficient (Wildman–Crippen LogP) is 3.99. The van der Waals surface area contributed by atoms with Crippen molar-refractivity contribution < 1.29 is 36.6 Å². The second kappa shape index (κ2) is 6.76. The summed E-state index contributed by atoms with van der Waals surface area (Å²) < 4.78 is 61.4. The van der Waals surface area contributed by atoms with Gasteiger partial charge in [0.2, 0.25) is 0 Å². The summed E-state index contributed by atoms with van der Waals surface area (Å²) in [5, 5.41) is 0. The summed E-state index contributed by atoms with van der Waals surface area (Å²) in [5.41, 5.74) is -4.49. The van der Waals surface area contributed by atoms with E-state index in [1.54, 1.807) is 0 Å². The maximum absolute atomic E-state index is 13.5. The maximum atomic E-state index is 13.5.